The number of carbonyl (C=O) groups excluding carboxylic acids is 1. The fourth-order valence-electron chi connectivity index (χ4n) is 2.84. The number of hydrogen-bond donors (Lipinski definition) is 2. The van der Waals surface area contributed by atoms with E-state index in [2.05, 4.69) is 39.7 Å². The predicted molar refractivity (Wildman–Crippen MR) is 110 cm³/mol. The lowest BCUT2D eigenvalue weighted by atomic mass is 10.1. The monoisotopic (exact) mass is 376 g/mol. The summed E-state index contributed by atoms with van der Waals surface area (Å²) >= 11 is 0. The highest BCUT2D eigenvalue weighted by atomic mass is 16.5. The minimum absolute atomic E-state index is 0.243. The van der Waals surface area contributed by atoms with E-state index in [-0.39, 0.29) is 5.91 Å². The standard InChI is InChI=1S/C22H24N4O2/c1-16-7-3-4-9-18(16)13-25-21-15-24-19(14-26-21)22(27)23-12-11-17-8-5-6-10-20(17)28-2/h3-10,14-15H,11-13H2,1-2H3,(H,23,27)(H,25,26). The summed E-state index contributed by atoms with van der Waals surface area (Å²) in [6, 6.07) is 15.9. The van der Waals surface area contributed by atoms with Crippen molar-refractivity contribution in [1.82, 2.24) is 15.3 Å². The van der Waals surface area contributed by atoms with Gasteiger partial charge in [-0.1, -0.05) is 42.5 Å². The Balaban J connectivity index is 1.50. The van der Waals surface area contributed by atoms with E-state index >= 15 is 0 Å². The van der Waals surface area contributed by atoms with Crippen molar-refractivity contribution in [2.24, 2.45) is 0 Å². The number of nitrogens with one attached hydrogen (secondary N) is 2. The number of carbonyl (C=O) groups is 1. The van der Waals surface area contributed by atoms with Gasteiger partial charge in [-0.05, 0) is 36.1 Å². The zero-order valence-electron chi connectivity index (χ0n) is 16.1. The maximum Gasteiger partial charge on any atom is 0.271 e. The molecule has 0 atom stereocenters. The van der Waals surface area contributed by atoms with Crippen LogP contribution in [0.4, 0.5) is 5.82 Å². The highest BCUT2D eigenvalue weighted by Crippen LogP contribution is 2.17. The zero-order valence-corrected chi connectivity index (χ0v) is 16.1. The van der Waals surface area contributed by atoms with Crippen molar-refractivity contribution in [3.05, 3.63) is 83.3 Å². The minimum atomic E-state index is -0.243. The molecule has 1 aromatic heterocycles. The van der Waals surface area contributed by atoms with Crippen LogP contribution in [-0.4, -0.2) is 29.5 Å². The van der Waals surface area contributed by atoms with Gasteiger partial charge in [-0.2, -0.15) is 0 Å². The van der Waals surface area contributed by atoms with Gasteiger partial charge in [0.05, 0.1) is 19.5 Å². The Bertz CT molecular complexity index is 926. The van der Waals surface area contributed by atoms with Crippen LogP contribution < -0.4 is 15.4 Å². The van der Waals surface area contributed by atoms with Gasteiger partial charge in [-0.15, -0.1) is 0 Å². The third-order valence-corrected chi connectivity index (χ3v) is 4.48. The lowest BCUT2D eigenvalue weighted by molar-refractivity contribution is 0.0948. The molecule has 144 valence electrons. The van der Waals surface area contributed by atoms with E-state index < -0.39 is 0 Å². The number of benzene rings is 2. The maximum atomic E-state index is 12.3. The number of aromatic nitrogens is 2. The van der Waals surface area contributed by atoms with Crippen LogP contribution in [0.3, 0.4) is 0 Å². The van der Waals surface area contributed by atoms with Crippen LogP contribution in [-0.2, 0) is 13.0 Å². The highest BCUT2D eigenvalue weighted by molar-refractivity contribution is 5.92. The molecule has 0 bridgehead atoms. The first-order valence-corrected chi connectivity index (χ1v) is 9.18. The van der Waals surface area contributed by atoms with E-state index in [9.17, 15) is 4.79 Å². The Kier molecular flexibility index (Phi) is 6.57. The largest absolute Gasteiger partial charge is 0.496 e. The minimum Gasteiger partial charge on any atom is -0.496 e. The van der Waals surface area contributed by atoms with Crippen LogP contribution in [0.1, 0.15) is 27.2 Å². The van der Waals surface area contributed by atoms with Gasteiger partial charge >= 0.3 is 0 Å². The molecule has 1 amide bonds. The molecule has 6 heteroatoms. The van der Waals surface area contributed by atoms with Gasteiger partial charge in [-0.25, -0.2) is 9.97 Å². The van der Waals surface area contributed by atoms with Crippen molar-refractivity contribution in [2.45, 2.75) is 19.9 Å². The lowest BCUT2D eigenvalue weighted by Gasteiger charge is -2.10. The summed E-state index contributed by atoms with van der Waals surface area (Å²) in [7, 11) is 1.64. The second kappa shape index (κ2) is 9.50. The Morgan fingerprint density at radius 2 is 1.75 bits per heavy atom. The molecular formula is C22H24N4O2. The van der Waals surface area contributed by atoms with Crippen LogP contribution in [0.15, 0.2) is 60.9 Å². The third kappa shape index (κ3) is 5.07. The Morgan fingerprint density at radius 1 is 1.00 bits per heavy atom. The molecule has 0 spiro atoms. The molecule has 0 aliphatic heterocycles. The van der Waals surface area contributed by atoms with Crippen LogP contribution in [0.25, 0.3) is 0 Å². The molecule has 0 radical (unpaired) electrons. The number of anilines is 1. The van der Waals surface area contributed by atoms with Gasteiger partial charge in [0.25, 0.3) is 5.91 Å². The summed E-state index contributed by atoms with van der Waals surface area (Å²) in [4.78, 5) is 20.8. The van der Waals surface area contributed by atoms with Crippen LogP contribution >= 0.6 is 0 Å². The molecule has 2 aromatic carbocycles. The topological polar surface area (TPSA) is 76.1 Å². The molecular weight excluding hydrogens is 352 g/mol. The maximum absolute atomic E-state index is 12.3. The number of methoxy groups -OCH3 is 1. The van der Waals surface area contributed by atoms with Crippen molar-refractivity contribution in [2.75, 3.05) is 19.0 Å². The first-order chi connectivity index (χ1) is 13.7. The van der Waals surface area contributed by atoms with E-state index in [1.165, 1.54) is 17.3 Å². The second-order valence-corrected chi connectivity index (χ2v) is 6.38. The molecule has 28 heavy (non-hydrogen) atoms. The van der Waals surface area contributed by atoms with Gasteiger partial charge in [0.2, 0.25) is 0 Å². The fraction of sp³-hybridized carbons (Fsp3) is 0.227. The van der Waals surface area contributed by atoms with E-state index in [0.29, 0.717) is 31.0 Å². The quantitative estimate of drug-likeness (QED) is 0.630. The third-order valence-electron chi connectivity index (χ3n) is 4.48. The van der Waals surface area contributed by atoms with Gasteiger partial charge in [0, 0.05) is 13.1 Å². The average Bonchev–Trinajstić information content (AvgIpc) is 2.74. The molecule has 2 N–H and O–H groups in total. The zero-order chi connectivity index (χ0) is 19.8. The van der Waals surface area contributed by atoms with Gasteiger partial charge in [-0.3, -0.25) is 4.79 Å². The summed E-state index contributed by atoms with van der Waals surface area (Å²) in [5.74, 6) is 1.21. The normalized spacial score (nSPS) is 10.4. The van der Waals surface area contributed by atoms with E-state index in [0.717, 1.165) is 11.3 Å². The van der Waals surface area contributed by atoms with Gasteiger partial charge in [0.1, 0.15) is 17.3 Å². The Labute approximate surface area is 165 Å². The van der Waals surface area contributed by atoms with Crippen molar-refractivity contribution >= 4 is 11.7 Å². The predicted octanol–water partition coefficient (Wildman–Crippen LogP) is 3.38. The molecule has 1 heterocycles. The summed E-state index contributed by atoms with van der Waals surface area (Å²) < 4.78 is 5.32. The molecule has 0 saturated heterocycles. The lowest BCUT2D eigenvalue weighted by Crippen LogP contribution is -2.26. The Morgan fingerprint density at radius 3 is 2.46 bits per heavy atom. The number of ether oxygens (including phenoxy) is 1. The number of amides is 1. The molecule has 0 saturated carbocycles. The Hall–Kier alpha value is -3.41. The van der Waals surface area contributed by atoms with Crippen molar-refractivity contribution in [3.63, 3.8) is 0 Å². The number of para-hydroxylation sites is 1. The van der Waals surface area contributed by atoms with E-state index in [1.807, 2.05) is 36.4 Å². The smallest absolute Gasteiger partial charge is 0.271 e. The summed E-state index contributed by atoms with van der Waals surface area (Å²) in [5, 5.41) is 6.09. The second-order valence-electron chi connectivity index (χ2n) is 6.38. The first-order valence-electron chi connectivity index (χ1n) is 9.18. The van der Waals surface area contributed by atoms with E-state index in [4.69, 9.17) is 4.74 Å². The van der Waals surface area contributed by atoms with Crippen molar-refractivity contribution in [3.8, 4) is 5.75 Å². The number of aryl methyl sites for hydroxylation is 1. The summed E-state index contributed by atoms with van der Waals surface area (Å²) in [6.07, 6.45) is 3.74. The van der Waals surface area contributed by atoms with E-state index in [1.54, 1.807) is 13.3 Å². The van der Waals surface area contributed by atoms with Crippen LogP contribution in [0.2, 0.25) is 0 Å². The summed E-state index contributed by atoms with van der Waals surface area (Å²) in [5.41, 5.74) is 3.75. The molecule has 0 aliphatic carbocycles. The van der Waals surface area contributed by atoms with Crippen LogP contribution in [0.5, 0.6) is 5.75 Å². The van der Waals surface area contributed by atoms with Gasteiger partial charge in [0.15, 0.2) is 0 Å². The molecule has 0 unspecified atom stereocenters. The SMILES string of the molecule is COc1ccccc1CCNC(=O)c1cnc(NCc2ccccc2C)cn1. The molecule has 6 nitrogen and oxygen atoms in total. The van der Waals surface area contributed by atoms with Gasteiger partial charge < -0.3 is 15.4 Å². The van der Waals surface area contributed by atoms with Crippen molar-refractivity contribution < 1.29 is 9.53 Å². The average molecular weight is 376 g/mol. The fourth-order valence-corrected chi connectivity index (χ4v) is 2.84. The number of nitrogens with zero attached hydrogens (tertiary/aromatic N) is 2. The molecule has 3 aromatic rings. The van der Waals surface area contributed by atoms with Crippen molar-refractivity contribution in [1.29, 1.82) is 0 Å². The molecule has 3 rings (SSSR count). The number of hydrogen-bond acceptors (Lipinski definition) is 5. The highest BCUT2D eigenvalue weighted by Gasteiger charge is 2.09. The molecule has 0 aliphatic rings. The van der Waals surface area contributed by atoms with Crippen LogP contribution in [0, 0.1) is 6.92 Å². The number of rotatable bonds is 8. The molecule has 0 fully saturated rings. The first kappa shape index (κ1) is 19.4. The summed E-state index contributed by atoms with van der Waals surface area (Å²) in [6.45, 7) is 3.22.